The second-order valence-corrected chi connectivity index (χ2v) is 4.49. The summed E-state index contributed by atoms with van der Waals surface area (Å²) >= 11 is 0. The van der Waals surface area contributed by atoms with Crippen LogP contribution in [0.15, 0.2) is 72.9 Å². The number of hydroxylamine groups is 2. The zero-order valence-corrected chi connectivity index (χ0v) is 10.8. The van der Waals surface area contributed by atoms with E-state index in [0.717, 1.165) is 11.4 Å². The lowest BCUT2D eigenvalue weighted by Crippen LogP contribution is -2.41. The van der Waals surface area contributed by atoms with Crippen LogP contribution in [0.1, 0.15) is 6.92 Å². The van der Waals surface area contributed by atoms with Gasteiger partial charge in [-0.25, -0.2) is 10.1 Å². The lowest BCUT2D eigenvalue weighted by Gasteiger charge is -2.36. The van der Waals surface area contributed by atoms with Gasteiger partial charge in [-0.05, 0) is 37.3 Å². The highest BCUT2D eigenvalue weighted by Crippen LogP contribution is 2.25. The molecule has 3 rings (SSSR count). The number of benzene rings is 2. The molecule has 2 aromatic carbocycles. The van der Waals surface area contributed by atoms with Crippen LogP contribution in [0.2, 0.25) is 0 Å². The first-order valence-corrected chi connectivity index (χ1v) is 6.39. The Morgan fingerprint density at radius 2 is 1.42 bits per heavy atom. The molecule has 0 saturated heterocycles. The van der Waals surface area contributed by atoms with Crippen LogP contribution in [0.3, 0.4) is 0 Å². The van der Waals surface area contributed by atoms with Crippen molar-refractivity contribution in [1.29, 1.82) is 0 Å². The highest BCUT2D eigenvalue weighted by molar-refractivity contribution is 5.51. The summed E-state index contributed by atoms with van der Waals surface area (Å²) in [4.78, 5) is 5.95. The minimum absolute atomic E-state index is 0.197. The molecule has 1 atom stereocenters. The van der Waals surface area contributed by atoms with E-state index < -0.39 is 0 Å². The van der Waals surface area contributed by atoms with Crippen LogP contribution in [0.4, 0.5) is 11.4 Å². The fourth-order valence-electron chi connectivity index (χ4n) is 2.04. The van der Waals surface area contributed by atoms with Gasteiger partial charge in [0, 0.05) is 6.20 Å². The van der Waals surface area contributed by atoms with Gasteiger partial charge >= 0.3 is 0 Å². The smallest absolute Gasteiger partial charge is 0.0760 e. The van der Waals surface area contributed by atoms with E-state index in [9.17, 15) is 0 Å². The van der Waals surface area contributed by atoms with E-state index in [1.54, 1.807) is 5.06 Å². The van der Waals surface area contributed by atoms with Crippen molar-refractivity contribution in [3.05, 3.63) is 72.9 Å². The number of rotatable bonds is 2. The summed E-state index contributed by atoms with van der Waals surface area (Å²) in [5.74, 6) is 0. The van der Waals surface area contributed by atoms with Gasteiger partial charge in [0.2, 0.25) is 0 Å². The van der Waals surface area contributed by atoms with E-state index >= 15 is 0 Å². The third kappa shape index (κ3) is 2.46. The molecule has 96 valence electrons. The first-order valence-electron chi connectivity index (χ1n) is 6.39. The molecule has 1 aliphatic rings. The molecule has 2 aromatic rings. The van der Waals surface area contributed by atoms with Crippen molar-refractivity contribution in [3.8, 4) is 0 Å². The Morgan fingerprint density at radius 3 is 2.05 bits per heavy atom. The molecule has 3 heteroatoms. The Balaban J connectivity index is 1.87. The number of hydrogen-bond acceptors (Lipinski definition) is 3. The molecule has 0 amide bonds. The maximum Gasteiger partial charge on any atom is 0.0760 e. The first kappa shape index (κ1) is 11.8. The summed E-state index contributed by atoms with van der Waals surface area (Å²) in [6.45, 7) is 2.10. The van der Waals surface area contributed by atoms with Crippen molar-refractivity contribution in [3.63, 3.8) is 0 Å². The van der Waals surface area contributed by atoms with E-state index in [4.69, 9.17) is 4.94 Å². The number of hydrogen-bond donors (Lipinski definition) is 0. The molecule has 0 saturated carbocycles. The molecule has 0 radical (unpaired) electrons. The van der Waals surface area contributed by atoms with Crippen LogP contribution in [-0.2, 0) is 4.94 Å². The van der Waals surface area contributed by atoms with Crippen LogP contribution in [0, 0.1) is 0 Å². The Kier molecular flexibility index (Phi) is 3.21. The molecule has 1 unspecified atom stereocenters. The second kappa shape index (κ2) is 5.16. The fourth-order valence-corrected chi connectivity index (χ4v) is 2.04. The van der Waals surface area contributed by atoms with E-state index in [1.807, 2.05) is 71.9 Å². The summed E-state index contributed by atoms with van der Waals surface area (Å²) in [7, 11) is 0. The van der Waals surface area contributed by atoms with Crippen molar-refractivity contribution in [2.45, 2.75) is 13.0 Å². The van der Waals surface area contributed by atoms with Gasteiger partial charge in [-0.2, -0.15) is 0 Å². The average Bonchev–Trinajstić information content (AvgIpc) is 2.49. The van der Waals surface area contributed by atoms with Crippen LogP contribution in [0.5, 0.6) is 0 Å². The summed E-state index contributed by atoms with van der Waals surface area (Å²) in [6.07, 6.45) is 4.07. The van der Waals surface area contributed by atoms with Crippen LogP contribution >= 0.6 is 0 Å². The normalized spacial score (nSPS) is 18.7. The van der Waals surface area contributed by atoms with Crippen LogP contribution in [0.25, 0.3) is 0 Å². The van der Waals surface area contributed by atoms with E-state index in [-0.39, 0.29) is 6.04 Å². The largest absolute Gasteiger partial charge is 0.222 e. The summed E-state index contributed by atoms with van der Waals surface area (Å²) in [6, 6.07) is 20.3. The maximum absolute atomic E-state index is 5.95. The van der Waals surface area contributed by atoms with Gasteiger partial charge in [-0.3, -0.25) is 0 Å². The predicted molar refractivity (Wildman–Crippen MR) is 77.5 cm³/mol. The zero-order chi connectivity index (χ0) is 13.1. The third-order valence-electron chi connectivity index (χ3n) is 3.07. The van der Waals surface area contributed by atoms with Crippen molar-refractivity contribution < 1.29 is 4.94 Å². The summed E-state index contributed by atoms with van der Waals surface area (Å²) in [5.41, 5.74) is 2.05. The fraction of sp³-hybridized carbons (Fsp3) is 0.125. The second-order valence-electron chi connectivity index (χ2n) is 4.49. The predicted octanol–water partition coefficient (Wildman–Crippen LogP) is 3.76. The lowest BCUT2D eigenvalue weighted by molar-refractivity contribution is 0.0861. The molecule has 0 fully saturated rings. The molecule has 3 nitrogen and oxygen atoms in total. The van der Waals surface area contributed by atoms with Crippen molar-refractivity contribution >= 4 is 11.4 Å². The van der Waals surface area contributed by atoms with Crippen molar-refractivity contribution in [2.24, 2.45) is 0 Å². The van der Waals surface area contributed by atoms with Gasteiger partial charge in [0.25, 0.3) is 0 Å². The summed E-state index contributed by atoms with van der Waals surface area (Å²) < 4.78 is 0. The minimum atomic E-state index is 0.197. The quantitative estimate of drug-likeness (QED) is 0.809. The summed E-state index contributed by atoms with van der Waals surface area (Å²) in [5, 5.41) is 3.67. The van der Waals surface area contributed by atoms with Gasteiger partial charge in [-0.15, -0.1) is 4.94 Å². The number of anilines is 2. The number of nitrogens with zero attached hydrogens (tertiary/aromatic N) is 2. The topological polar surface area (TPSA) is 15.7 Å². The Hall–Kier alpha value is -2.26. The van der Waals surface area contributed by atoms with Gasteiger partial charge in [0.1, 0.15) is 0 Å². The third-order valence-corrected chi connectivity index (χ3v) is 3.07. The van der Waals surface area contributed by atoms with Gasteiger partial charge in [0.05, 0.1) is 17.4 Å². The zero-order valence-electron chi connectivity index (χ0n) is 10.8. The van der Waals surface area contributed by atoms with Crippen molar-refractivity contribution in [1.82, 2.24) is 0 Å². The number of para-hydroxylation sites is 2. The molecule has 0 aliphatic carbocycles. The highest BCUT2D eigenvalue weighted by Gasteiger charge is 2.21. The Morgan fingerprint density at radius 1 is 0.842 bits per heavy atom. The first-order chi connectivity index (χ1) is 9.34. The van der Waals surface area contributed by atoms with Gasteiger partial charge < -0.3 is 0 Å². The Bertz CT molecular complexity index is 553. The molecular formula is C16H16N2O. The molecule has 0 aromatic heterocycles. The SMILES string of the molecule is CC1C=CN(c2ccccc2)ON1c1ccccc1. The maximum atomic E-state index is 5.95. The molecule has 1 aliphatic heterocycles. The van der Waals surface area contributed by atoms with E-state index in [1.165, 1.54) is 0 Å². The van der Waals surface area contributed by atoms with Crippen LogP contribution < -0.4 is 10.1 Å². The monoisotopic (exact) mass is 252 g/mol. The highest BCUT2D eigenvalue weighted by atomic mass is 16.8. The average molecular weight is 252 g/mol. The molecule has 1 heterocycles. The molecule has 0 N–H and O–H groups in total. The van der Waals surface area contributed by atoms with E-state index in [2.05, 4.69) is 13.0 Å². The lowest BCUT2D eigenvalue weighted by atomic mass is 10.2. The van der Waals surface area contributed by atoms with Crippen LogP contribution in [-0.4, -0.2) is 6.04 Å². The van der Waals surface area contributed by atoms with Gasteiger partial charge in [0.15, 0.2) is 0 Å². The minimum Gasteiger partial charge on any atom is -0.222 e. The van der Waals surface area contributed by atoms with Gasteiger partial charge in [-0.1, -0.05) is 36.4 Å². The molecule has 0 bridgehead atoms. The molecule has 19 heavy (non-hydrogen) atoms. The van der Waals surface area contributed by atoms with E-state index in [0.29, 0.717) is 0 Å². The Labute approximate surface area is 113 Å². The molecule has 0 spiro atoms. The van der Waals surface area contributed by atoms with Crippen molar-refractivity contribution in [2.75, 3.05) is 10.1 Å². The standard InChI is InChI=1S/C16H16N2O/c1-14-12-13-17(15-8-4-2-5-9-15)19-18(14)16-10-6-3-7-11-16/h2-14H,1H3. The molecular weight excluding hydrogens is 236 g/mol.